The van der Waals surface area contributed by atoms with E-state index in [1.165, 1.54) is 11.3 Å². The molecule has 0 bridgehead atoms. The summed E-state index contributed by atoms with van der Waals surface area (Å²) in [5.41, 5.74) is 9.71. The van der Waals surface area contributed by atoms with Crippen LogP contribution in [0.25, 0.3) is 0 Å². The number of aromatic nitrogens is 1. The van der Waals surface area contributed by atoms with E-state index in [-0.39, 0.29) is 5.91 Å². The topological polar surface area (TPSA) is 68.0 Å². The highest BCUT2D eigenvalue weighted by Crippen LogP contribution is 2.12. The molecule has 0 aliphatic rings. The molecule has 102 valence electrons. The Morgan fingerprint density at radius 3 is 2.75 bits per heavy atom. The summed E-state index contributed by atoms with van der Waals surface area (Å²) in [7, 11) is 0. The molecule has 5 heteroatoms. The van der Waals surface area contributed by atoms with Crippen molar-refractivity contribution in [1.82, 2.24) is 10.3 Å². The third-order valence-electron chi connectivity index (χ3n) is 2.69. The van der Waals surface area contributed by atoms with Crippen molar-refractivity contribution in [2.45, 2.75) is 13.5 Å². The molecule has 0 atom stereocenters. The van der Waals surface area contributed by atoms with Crippen molar-refractivity contribution in [2.24, 2.45) is 5.73 Å². The van der Waals surface area contributed by atoms with Gasteiger partial charge in [0.25, 0.3) is 5.91 Å². The van der Waals surface area contributed by atoms with Gasteiger partial charge in [0, 0.05) is 12.1 Å². The van der Waals surface area contributed by atoms with Gasteiger partial charge in [-0.2, -0.15) is 0 Å². The summed E-state index contributed by atoms with van der Waals surface area (Å²) in [6.45, 7) is 2.67. The van der Waals surface area contributed by atoms with E-state index in [9.17, 15) is 4.79 Å². The molecule has 2 aromatic rings. The standard InChI is InChI=1S/C15H15N3OS/c1-11-14(20-10-18-11)15(19)17-9-13-6-4-12(5-7-13)3-2-8-16/h4-7,10H,8-9,16H2,1H3,(H,17,19). The number of carbonyl (C=O) groups excluding carboxylic acids is 1. The van der Waals surface area contributed by atoms with Gasteiger partial charge in [0.1, 0.15) is 4.88 Å². The summed E-state index contributed by atoms with van der Waals surface area (Å²) in [6.07, 6.45) is 0. The quantitative estimate of drug-likeness (QED) is 0.843. The number of hydrogen-bond acceptors (Lipinski definition) is 4. The zero-order valence-corrected chi connectivity index (χ0v) is 12.0. The van der Waals surface area contributed by atoms with Gasteiger partial charge in [-0.15, -0.1) is 11.3 Å². The molecule has 0 unspecified atom stereocenters. The molecule has 0 aliphatic heterocycles. The highest BCUT2D eigenvalue weighted by Gasteiger charge is 2.10. The van der Waals surface area contributed by atoms with E-state index in [1.807, 2.05) is 31.2 Å². The molecule has 1 aromatic heterocycles. The Morgan fingerprint density at radius 1 is 1.40 bits per heavy atom. The van der Waals surface area contributed by atoms with Crippen molar-refractivity contribution < 1.29 is 4.79 Å². The Hall–Kier alpha value is -2.16. The van der Waals surface area contributed by atoms with Gasteiger partial charge in [-0.25, -0.2) is 4.98 Å². The number of amides is 1. The van der Waals surface area contributed by atoms with Crippen molar-refractivity contribution in [2.75, 3.05) is 6.54 Å². The second-order valence-electron chi connectivity index (χ2n) is 4.15. The second kappa shape index (κ2) is 6.85. The Morgan fingerprint density at radius 2 is 2.15 bits per heavy atom. The van der Waals surface area contributed by atoms with Crippen LogP contribution in [0.1, 0.15) is 26.5 Å². The van der Waals surface area contributed by atoms with Crippen LogP contribution < -0.4 is 11.1 Å². The molecule has 2 rings (SSSR count). The monoisotopic (exact) mass is 285 g/mol. The molecule has 3 N–H and O–H groups in total. The van der Waals surface area contributed by atoms with E-state index in [0.717, 1.165) is 16.8 Å². The first-order valence-corrected chi connectivity index (χ1v) is 7.05. The van der Waals surface area contributed by atoms with Gasteiger partial charge in [0.2, 0.25) is 0 Å². The van der Waals surface area contributed by atoms with E-state index >= 15 is 0 Å². The second-order valence-corrected chi connectivity index (χ2v) is 5.01. The molecule has 0 saturated heterocycles. The van der Waals surface area contributed by atoms with Crippen LogP contribution in [-0.4, -0.2) is 17.4 Å². The molecule has 1 aromatic carbocycles. The fraction of sp³-hybridized carbons (Fsp3) is 0.200. The van der Waals surface area contributed by atoms with Crippen LogP contribution in [0.3, 0.4) is 0 Å². The molecule has 0 radical (unpaired) electrons. The number of hydrogen-bond donors (Lipinski definition) is 2. The van der Waals surface area contributed by atoms with Gasteiger partial charge >= 0.3 is 0 Å². The van der Waals surface area contributed by atoms with Crippen LogP contribution in [0, 0.1) is 18.8 Å². The Balaban J connectivity index is 1.94. The average Bonchev–Trinajstić information content (AvgIpc) is 2.90. The predicted molar refractivity (Wildman–Crippen MR) is 80.4 cm³/mol. The number of aryl methyl sites for hydroxylation is 1. The molecule has 0 aliphatic carbocycles. The van der Waals surface area contributed by atoms with Crippen LogP contribution in [0.2, 0.25) is 0 Å². The first-order valence-electron chi connectivity index (χ1n) is 6.17. The molecular formula is C15H15N3OS. The number of nitrogens with one attached hydrogen (secondary N) is 1. The summed E-state index contributed by atoms with van der Waals surface area (Å²) in [5.74, 6) is 5.67. The molecule has 1 heterocycles. The van der Waals surface area contributed by atoms with Gasteiger partial charge in [-0.3, -0.25) is 4.79 Å². The fourth-order valence-corrected chi connectivity index (χ4v) is 2.36. The summed E-state index contributed by atoms with van der Waals surface area (Å²) in [6, 6.07) is 7.73. The highest BCUT2D eigenvalue weighted by atomic mass is 32.1. The molecule has 20 heavy (non-hydrogen) atoms. The maximum absolute atomic E-state index is 11.9. The minimum Gasteiger partial charge on any atom is -0.347 e. The molecule has 0 spiro atoms. The number of rotatable bonds is 3. The van der Waals surface area contributed by atoms with E-state index in [2.05, 4.69) is 22.1 Å². The lowest BCUT2D eigenvalue weighted by molar-refractivity contribution is 0.0954. The van der Waals surface area contributed by atoms with Crippen molar-refractivity contribution in [3.8, 4) is 11.8 Å². The van der Waals surface area contributed by atoms with Gasteiger partial charge in [0.05, 0.1) is 17.7 Å². The third-order valence-corrected chi connectivity index (χ3v) is 3.62. The average molecular weight is 285 g/mol. The van der Waals surface area contributed by atoms with E-state index in [4.69, 9.17) is 5.73 Å². The van der Waals surface area contributed by atoms with Crippen molar-refractivity contribution in [1.29, 1.82) is 0 Å². The van der Waals surface area contributed by atoms with E-state index in [1.54, 1.807) is 5.51 Å². The van der Waals surface area contributed by atoms with Crippen molar-refractivity contribution in [3.63, 3.8) is 0 Å². The first kappa shape index (κ1) is 14.3. The lowest BCUT2D eigenvalue weighted by atomic mass is 10.1. The number of thiazole rings is 1. The normalized spacial score (nSPS) is 9.70. The molecule has 4 nitrogen and oxygen atoms in total. The molecule has 0 fully saturated rings. The maximum Gasteiger partial charge on any atom is 0.263 e. The van der Waals surface area contributed by atoms with Crippen LogP contribution in [0.5, 0.6) is 0 Å². The van der Waals surface area contributed by atoms with Crippen LogP contribution in [-0.2, 0) is 6.54 Å². The van der Waals surface area contributed by atoms with E-state index < -0.39 is 0 Å². The lowest BCUT2D eigenvalue weighted by Gasteiger charge is -2.04. The first-order chi connectivity index (χ1) is 9.70. The Bertz CT molecular complexity index is 650. The largest absolute Gasteiger partial charge is 0.347 e. The van der Waals surface area contributed by atoms with Crippen LogP contribution in [0.4, 0.5) is 0 Å². The number of nitrogens with two attached hydrogens (primary N) is 1. The van der Waals surface area contributed by atoms with Gasteiger partial charge in [0.15, 0.2) is 0 Å². The minimum atomic E-state index is -0.0861. The smallest absolute Gasteiger partial charge is 0.263 e. The third kappa shape index (κ3) is 3.67. The number of benzene rings is 1. The summed E-state index contributed by atoms with van der Waals surface area (Å²) >= 11 is 1.35. The molecule has 1 amide bonds. The van der Waals surface area contributed by atoms with Gasteiger partial charge in [-0.1, -0.05) is 24.0 Å². The SMILES string of the molecule is Cc1ncsc1C(=O)NCc1ccc(C#CCN)cc1. The van der Waals surface area contributed by atoms with Gasteiger partial charge in [-0.05, 0) is 24.6 Å². The van der Waals surface area contributed by atoms with E-state index in [0.29, 0.717) is 18.0 Å². The van der Waals surface area contributed by atoms with Crippen LogP contribution in [0.15, 0.2) is 29.8 Å². The lowest BCUT2D eigenvalue weighted by Crippen LogP contribution is -2.22. The van der Waals surface area contributed by atoms with Crippen molar-refractivity contribution >= 4 is 17.2 Å². The summed E-state index contributed by atoms with van der Waals surface area (Å²) in [5, 5.41) is 2.88. The Labute approximate surface area is 122 Å². The van der Waals surface area contributed by atoms with Crippen molar-refractivity contribution in [3.05, 3.63) is 51.5 Å². The summed E-state index contributed by atoms with van der Waals surface area (Å²) in [4.78, 5) is 16.7. The molecule has 0 saturated carbocycles. The fourth-order valence-electron chi connectivity index (χ4n) is 1.64. The number of carbonyl (C=O) groups is 1. The number of nitrogens with zero attached hydrogens (tertiary/aromatic N) is 1. The zero-order chi connectivity index (χ0) is 14.4. The molecular weight excluding hydrogens is 270 g/mol. The van der Waals surface area contributed by atoms with Crippen LogP contribution >= 0.6 is 11.3 Å². The van der Waals surface area contributed by atoms with Gasteiger partial charge < -0.3 is 11.1 Å². The zero-order valence-electron chi connectivity index (χ0n) is 11.1. The summed E-state index contributed by atoms with van der Waals surface area (Å²) < 4.78 is 0. The predicted octanol–water partition coefficient (Wildman–Crippen LogP) is 1.69. The Kier molecular flexibility index (Phi) is 4.88. The maximum atomic E-state index is 11.9. The highest BCUT2D eigenvalue weighted by molar-refractivity contribution is 7.11. The minimum absolute atomic E-state index is 0.0861.